The molecule has 0 amide bonds. The summed E-state index contributed by atoms with van der Waals surface area (Å²) >= 11 is 1.67. The van der Waals surface area contributed by atoms with E-state index in [9.17, 15) is 14.7 Å². The van der Waals surface area contributed by atoms with Gasteiger partial charge in [0.15, 0.2) is 0 Å². The second-order valence-corrected chi connectivity index (χ2v) is 9.14. The van der Waals surface area contributed by atoms with Crippen molar-refractivity contribution in [3.05, 3.63) is 101 Å². The van der Waals surface area contributed by atoms with Crippen LogP contribution in [0.5, 0.6) is 5.75 Å². The fraction of sp³-hybridized carbons (Fsp3) is 0.154. The van der Waals surface area contributed by atoms with Crippen molar-refractivity contribution in [1.29, 1.82) is 0 Å². The highest BCUT2D eigenvalue weighted by molar-refractivity contribution is 8.08. The summed E-state index contributed by atoms with van der Waals surface area (Å²) in [6.45, 7) is 4.38. The number of para-hydroxylation sites is 1. The highest BCUT2D eigenvalue weighted by Crippen LogP contribution is 2.45. The van der Waals surface area contributed by atoms with E-state index in [1.807, 2.05) is 30.3 Å². The van der Waals surface area contributed by atoms with Gasteiger partial charge in [0, 0.05) is 9.80 Å². The van der Waals surface area contributed by atoms with Gasteiger partial charge in [0.25, 0.3) is 0 Å². The van der Waals surface area contributed by atoms with E-state index in [0.29, 0.717) is 5.56 Å². The highest BCUT2D eigenvalue weighted by atomic mass is 32.2. The fourth-order valence-electron chi connectivity index (χ4n) is 3.64. The predicted molar refractivity (Wildman–Crippen MR) is 123 cm³/mol. The Balaban J connectivity index is 1.68. The van der Waals surface area contributed by atoms with Crippen LogP contribution in [0.4, 0.5) is 0 Å². The maximum atomic E-state index is 12.9. The number of aromatic carboxylic acids is 1. The Morgan fingerprint density at radius 3 is 2.42 bits per heavy atom. The van der Waals surface area contributed by atoms with E-state index in [-0.39, 0.29) is 16.7 Å². The number of hydrogen-bond acceptors (Lipinski definition) is 4. The number of carboxylic acids is 1. The molecule has 1 aliphatic carbocycles. The number of fused-ring (bicyclic) bond motifs is 1. The molecule has 1 aliphatic rings. The summed E-state index contributed by atoms with van der Waals surface area (Å²) in [5.41, 5.74) is 2.47. The zero-order valence-electron chi connectivity index (χ0n) is 17.3. The minimum atomic E-state index is -1.14. The molecule has 3 aromatic rings. The summed E-state index contributed by atoms with van der Waals surface area (Å²) in [4.78, 5) is 26.5. The van der Waals surface area contributed by atoms with Gasteiger partial charge >= 0.3 is 11.9 Å². The summed E-state index contributed by atoms with van der Waals surface area (Å²) in [7, 11) is 0. The van der Waals surface area contributed by atoms with E-state index < -0.39 is 11.9 Å². The molecule has 0 bridgehead atoms. The van der Waals surface area contributed by atoms with Gasteiger partial charge in [0.1, 0.15) is 11.3 Å². The summed E-state index contributed by atoms with van der Waals surface area (Å²) in [6, 6.07) is 21.8. The molecule has 0 heterocycles. The third-order valence-electron chi connectivity index (χ3n) is 5.34. The molecule has 0 saturated carbocycles. The molecule has 0 atom stereocenters. The van der Waals surface area contributed by atoms with Gasteiger partial charge in [-0.3, -0.25) is 0 Å². The van der Waals surface area contributed by atoms with Gasteiger partial charge in [-0.1, -0.05) is 68.1 Å². The van der Waals surface area contributed by atoms with Crippen LogP contribution in [0.2, 0.25) is 0 Å². The van der Waals surface area contributed by atoms with Gasteiger partial charge in [-0.05, 0) is 59.4 Å². The first-order valence-corrected chi connectivity index (χ1v) is 10.8. The van der Waals surface area contributed by atoms with Crippen LogP contribution in [0.1, 0.15) is 52.1 Å². The van der Waals surface area contributed by atoms with Gasteiger partial charge in [-0.15, -0.1) is 0 Å². The minimum absolute atomic E-state index is 0.0347. The predicted octanol–water partition coefficient (Wildman–Crippen LogP) is 6.42. The lowest BCUT2D eigenvalue weighted by Gasteiger charge is -2.32. The van der Waals surface area contributed by atoms with Crippen molar-refractivity contribution >= 4 is 28.6 Å². The summed E-state index contributed by atoms with van der Waals surface area (Å²) in [5, 5.41) is 9.34. The van der Waals surface area contributed by atoms with Crippen LogP contribution in [0.3, 0.4) is 0 Å². The molecule has 0 radical (unpaired) electrons. The van der Waals surface area contributed by atoms with Crippen molar-refractivity contribution in [3.8, 4) is 5.75 Å². The molecule has 31 heavy (non-hydrogen) atoms. The van der Waals surface area contributed by atoms with E-state index in [0.717, 1.165) is 21.8 Å². The third kappa shape index (κ3) is 4.42. The summed E-state index contributed by atoms with van der Waals surface area (Å²) < 4.78 is 5.44. The van der Waals surface area contributed by atoms with Crippen molar-refractivity contribution in [2.75, 3.05) is 0 Å². The van der Waals surface area contributed by atoms with Gasteiger partial charge in [0.05, 0.1) is 5.56 Å². The molecule has 0 aromatic heterocycles. The molecule has 4 nitrogen and oxygen atoms in total. The average molecular weight is 431 g/mol. The Hall–Kier alpha value is -3.31. The molecule has 156 valence electrons. The smallest absolute Gasteiger partial charge is 0.343 e. The minimum Gasteiger partial charge on any atom is -0.478 e. The first kappa shape index (κ1) is 20.9. The molecule has 4 rings (SSSR count). The normalized spacial score (nSPS) is 14.3. The quantitative estimate of drug-likeness (QED) is 0.374. The molecule has 0 spiro atoms. The Kier molecular flexibility index (Phi) is 5.70. The molecule has 0 fully saturated rings. The number of carbonyl (C=O) groups is 2. The molecule has 0 aliphatic heterocycles. The molecule has 5 heteroatoms. The van der Waals surface area contributed by atoms with Crippen LogP contribution < -0.4 is 4.74 Å². The third-order valence-corrected chi connectivity index (χ3v) is 6.45. The lowest BCUT2D eigenvalue weighted by atomic mass is 9.75. The maximum absolute atomic E-state index is 12.9. The van der Waals surface area contributed by atoms with Gasteiger partial charge in [-0.25, -0.2) is 9.59 Å². The first-order valence-electron chi connectivity index (χ1n) is 9.97. The van der Waals surface area contributed by atoms with Crippen LogP contribution in [-0.4, -0.2) is 17.0 Å². The van der Waals surface area contributed by atoms with Crippen LogP contribution in [0.25, 0.3) is 4.91 Å². The number of carboxylic acid groups (broad SMARTS) is 1. The number of hydrogen-bond donors (Lipinski definition) is 1. The Bertz CT molecular complexity index is 1180. The van der Waals surface area contributed by atoms with E-state index >= 15 is 0 Å². The lowest BCUT2D eigenvalue weighted by Crippen LogP contribution is -2.22. The van der Waals surface area contributed by atoms with E-state index in [2.05, 4.69) is 32.1 Å². The van der Waals surface area contributed by atoms with Crippen LogP contribution >= 0.6 is 11.8 Å². The van der Waals surface area contributed by atoms with Crippen LogP contribution in [0, 0.1) is 0 Å². The number of rotatable bonds is 5. The van der Waals surface area contributed by atoms with E-state index in [1.165, 1.54) is 17.7 Å². The summed E-state index contributed by atoms with van der Waals surface area (Å²) in [5.74, 6) is -1.68. The van der Waals surface area contributed by atoms with Crippen LogP contribution in [0.15, 0.2) is 83.8 Å². The molecular formula is C26H22O4S. The number of esters is 1. The van der Waals surface area contributed by atoms with Crippen molar-refractivity contribution in [2.45, 2.75) is 30.6 Å². The maximum Gasteiger partial charge on any atom is 0.343 e. The number of thioether (sulfide) groups is 1. The van der Waals surface area contributed by atoms with Crippen molar-refractivity contribution in [2.24, 2.45) is 0 Å². The number of carbonyl (C=O) groups excluding carboxylic acids is 1. The van der Waals surface area contributed by atoms with Crippen molar-refractivity contribution in [1.82, 2.24) is 0 Å². The SMILES string of the molecule is CC1(C)CC=C(Sc2ccccc2)c2cc(C(=O)Oc3ccccc3C(=O)O)ccc21. The van der Waals surface area contributed by atoms with Crippen molar-refractivity contribution < 1.29 is 19.4 Å². The zero-order chi connectivity index (χ0) is 22.0. The Morgan fingerprint density at radius 2 is 1.68 bits per heavy atom. The van der Waals surface area contributed by atoms with Gasteiger partial charge in [-0.2, -0.15) is 0 Å². The highest BCUT2D eigenvalue weighted by Gasteiger charge is 2.29. The fourth-order valence-corrected chi connectivity index (χ4v) is 4.63. The molecule has 0 unspecified atom stereocenters. The van der Waals surface area contributed by atoms with E-state index in [4.69, 9.17) is 4.74 Å². The van der Waals surface area contributed by atoms with E-state index in [1.54, 1.807) is 30.0 Å². The number of benzene rings is 3. The Morgan fingerprint density at radius 1 is 0.968 bits per heavy atom. The zero-order valence-corrected chi connectivity index (χ0v) is 18.1. The first-order chi connectivity index (χ1) is 14.8. The molecular weight excluding hydrogens is 408 g/mol. The molecule has 0 saturated heterocycles. The van der Waals surface area contributed by atoms with Gasteiger partial charge in [0.2, 0.25) is 0 Å². The topological polar surface area (TPSA) is 63.6 Å². The molecule has 1 N–H and O–H groups in total. The second-order valence-electron chi connectivity index (χ2n) is 8.02. The van der Waals surface area contributed by atoms with Crippen molar-refractivity contribution in [3.63, 3.8) is 0 Å². The lowest BCUT2D eigenvalue weighted by molar-refractivity contribution is 0.0681. The standard InChI is InChI=1S/C26H22O4S/c1-26(2)15-14-23(31-18-8-4-3-5-9-18)20-16-17(12-13-21(20)26)25(29)30-22-11-7-6-10-19(22)24(27)28/h3-14,16H,15H2,1-2H3,(H,27,28). The largest absolute Gasteiger partial charge is 0.478 e. The monoisotopic (exact) mass is 430 g/mol. The Labute approximate surface area is 185 Å². The number of allylic oxidation sites excluding steroid dienone is 1. The second kappa shape index (κ2) is 8.44. The molecule has 3 aromatic carbocycles. The van der Waals surface area contributed by atoms with Gasteiger partial charge < -0.3 is 9.84 Å². The average Bonchev–Trinajstić information content (AvgIpc) is 2.76. The number of ether oxygens (including phenoxy) is 1. The van der Waals surface area contributed by atoms with Crippen LogP contribution in [-0.2, 0) is 5.41 Å². The summed E-state index contributed by atoms with van der Waals surface area (Å²) in [6.07, 6.45) is 3.12.